The van der Waals surface area contributed by atoms with Crippen LogP contribution >= 0.6 is 0 Å². The number of fused-ring (bicyclic) bond motifs is 1. The first kappa shape index (κ1) is 15.2. The molecule has 1 N–H and O–H groups in total. The predicted molar refractivity (Wildman–Crippen MR) is 88.8 cm³/mol. The second-order valence-electron chi connectivity index (χ2n) is 7.27. The Morgan fingerprint density at radius 3 is 2.52 bits per heavy atom. The first-order chi connectivity index (χ1) is 11.2. The molecule has 3 aliphatic rings. The van der Waals surface area contributed by atoms with Gasteiger partial charge in [-0.15, -0.1) is 0 Å². The van der Waals surface area contributed by atoms with Crippen LogP contribution in [0.25, 0.3) is 0 Å². The number of carbonyl (C=O) groups is 1. The Bertz CT molecular complexity index is 554. The van der Waals surface area contributed by atoms with Gasteiger partial charge in [-0.1, -0.05) is 30.3 Å². The average Bonchev–Trinajstić information content (AvgIpc) is 3.18. The van der Waals surface area contributed by atoms with E-state index in [1.165, 1.54) is 12.0 Å². The third-order valence-corrected chi connectivity index (χ3v) is 5.96. The van der Waals surface area contributed by atoms with Crippen LogP contribution in [0, 0.1) is 5.92 Å². The molecule has 0 bridgehead atoms. The van der Waals surface area contributed by atoms with Gasteiger partial charge in [-0.3, -0.25) is 9.69 Å². The lowest BCUT2D eigenvalue weighted by molar-refractivity contribution is -0.138. The number of hydrogen-bond acceptors (Lipinski definition) is 3. The van der Waals surface area contributed by atoms with E-state index < -0.39 is 0 Å². The molecule has 0 aliphatic carbocycles. The van der Waals surface area contributed by atoms with E-state index >= 15 is 0 Å². The Kier molecular flexibility index (Phi) is 4.12. The van der Waals surface area contributed by atoms with Gasteiger partial charge in [0, 0.05) is 25.2 Å². The van der Waals surface area contributed by atoms with E-state index in [0.717, 1.165) is 45.3 Å². The quantitative estimate of drug-likeness (QED) is 0.910. The van der Waals surface area contributed by atoms with Crippen LogP contribution in [0.15, 0.2) is 30.3 Å². The molecule has 1 aromatic carbocycles. The number of rotatable bonds is 2. The summed E-state index contributed by atoms with van der Waals surface area (Å²) in [6, 6.07) is 11.5. The van der Waals surface area contributed by atoms with Gasteiger partial charge in [0.25, 0.3) is 0 Å². The molecule has 3 aliphatic heterocycles. The van der Waals surface area contributed by atoms with Crippen LogP contribution in [0.3, 0.4) is 0 Å². The van der Waals surface area contributed by atoms with Crippen molar-refractivity contribution in [2.24, 2.45) is 5.92 Å². The monoisotopic (exact) mass is 314 g/mol. The van der Waals surface area contributed by atoms with E-state index in [4.69, 9.17) is 0 Å². The van der Waals surface area contributed by atoms with E-state index in [0.29, 0.717) is 18.0 Å². The molecule has 3 fully saturated rings. The molecule has 3 saturated heterocycles. The molecule has 1 aromatic rings. The van der Waals surface area contributed by atoms with Crippen molar-refractivity contribution in [1.29, 1.82) is 0 Å². The lowest BCUT2D eigenvalue weighted by Crippen LogP contribution is -2.45. The second kappa shape index (κ2) is 6.25. The molecule has 124 valence electrons. The summed E-state index contributed by atoms with van der Waals surface area (Å²) in [6.45, 7) is 2.56. The van der Waals surface area contributed by atoms with E-state index in [-0.39, 0.29) is 12.0 Å². The number of hydrogen-bond donors (Lipinski definition) is 1. The molecule has 0 unspecified atom stereocenters. The standard InChI is InChI=1S/C19H26N2O2/c22-15-8-11-20(12-9-15)19(23)16-13-18(14-5-2-1-3-6-14)21-10-4-7-17(16)21/h1-3,5-6,15-18,22H,4,7-13H2/t16-,17+,18-/m1/s1. The summed E-state index contributed by atoms with van der Waals surface area (Å²) >= 11 is 0. The molecular formula is C19H26N2O2. The molecule has 0 spiro atoms. The summed E-state index contributed by atoms with van der Waals surface area (Å²) in [5.74, 6) is 0.463. The van der Waals surface area contributed by atoms with Crippen molar-refractivity contribution in [2.45, 2.75) is 50.3 Å². The zero-order chi connectivity index (χ0) is 15.8. The van der Waals surface area contributed by atoms with Crippen LogP contribution in [-0.4, -0.2) is 52.6 Å². The van der Waals surface area contributed by atoms with Gasteiger partial charge in [-0.2, -0.15) is 0 Å². The Morgan fingerprint density at radius 1 is 1.04 bits per heavy atom. The van der Waals surface area contributed by atoms with Crippen LogP contribution in [0.1, 0.15) is 43.7 Å². The van der Waals surface area contributed by atoms with Gasteiger partial charge in [-0.05, 0) is 44.2 Å². The highest BCUT2D eigenvalue weighted by Crippen LogP contribution is 2.45. The van der Waals surface area contributed by atoms with Crippen molar-refractivity contribution < 1.29 is 9.90 Å². The van der Waals surface area contributed by atoms with E-state index in [1.807, 2.05) is 4.90 Å². The molecule has 0 aromatic heterocycles. The lowest BCUT2D eigenvalue weighted by Gasteiger charge is -2.33. The minimum atomic E-state index is -0.220. The number of carbonyl (C=O) groups excluding carboxylic acids is 1. The third-order valence-electron chi connectivity index (χ3n) is 5.96. The Balaban J connectivity index is 1.52. The summed E-state index contributed by atoms with van der Waals surface area (Å²) in [5.41, 5.74) is 1.35. The molecule has 4 heteroatoms. The zero-order valence-electron chi connectivity index (χ0n) is 13.6. The molecule has 3 atom stereocenters. The molecule has 23 heavy (non-hydrogen) atoms. The Morgan fingerprint density at radius 2 is 1.78 bits per heavy atom. The van der Waals surface area contributed by atoms with Crippen molar-refractivity contribution in [3.05, 3.63) is 35.9 Å². The van der Waals surface area contributed by atoms with Crippen LogP contribution in [0.5, 0.6) is 0 Å². The number of aliphatic hydroxyl groups excluding tert-OH is 1. The minimum Gasteiger partial charge on any atom is -0.393 e. The molecule has 0 saturated carbocycles. The van der Waals surface area contributed by atoms with Crippen LogP contribution < -0.4 is 0 Å². The SMILES string of the molecule is O=C([C@@H]1C[C@H](c2ccccc2)N2CCC[C@@H]12)N1CCC(O)CC1. The number of aliphatic hydroxyl groups is 1. The van der Waals surface area contributed by atoms with Crippen LogP contribution in [0.4, 0.5) is 0 Å². The highest BCUT2D eigenvalue weighted by molar-refractivity contribution is 5.80. The maximum Gasteiger partial charge on any atom is 0.227 e. The van der Waals surface area contributed by atoms with Gasteiger partial charge in [0.2, 0.25) is 5.91 Å². The molecular weight excluding hydrogens is 288 g/mol. The fraction of sp³-hybridized carbons (Fsp3) is 0.632. The molecule has 4 nitrogen and oxygen atoms in total. The minimum absolute atomic E-state index is 0.137. The van der Waals surface area contributed by atoms with E-state index in [1.54, 1.807) is 0 Å². The number of piperidine rings is 1. The van der Waals surface area contributed by atoms with Gasteiger partial charge in [-0.25, -0.2) is 0 Å². The topological polar surface area (TPSA) is 43.8 Å². The second-order valence-corrected chi connectivity index (χ2v) is 7.27. The van der Waals surface area contributed by atoms with Gasteiger partial charge < -0.3 is 10.0 Å². The number of amides is 1. The zero-order valence-corrected chi connectivity index (χ0v) is 13.6. The van der Waals surface area contributed by atoms with Gasteiger partial charge in [0.15, 0.2) is 0 Å². The van der Waals surface area contributed by atoms with Crippen molar-refractivity contribution in [1.82, 2.24) is 9.80 Å². The number of benzene rings is 1. The maximum absolute atomic E-state index is 13.0. The predicted octanol–water partition coefficient (Wildman–Crippen LogP) is 2.20. The van der Waals surface area contributed by atoms with Crippen LogP contribution in [-0.2, 0) is 4.79 Å². The summed E-state index contributed by atoms with van der Waals surface area (Å²) in [6.07, 6.45) is 4.55. The first-order valence-electron chi connectivity index (χ1n) is 9.01. The van der Waals surface area contributed by atoms with Crippen molar-refractivity contribution >= 4 is 5.91 Å². The van der Waals surface area contributed by atoms with Crippen molar-refractivity contribution in [2.75, 3.05) is 19.6 Å². The summed E-state index contributed by atoms with van der Waals surface area (Å²) in [4.78, 5) is 17.6. The number of likely N-dealkylation sites (tertiary alicyclic amines) is 1. The van der Waals surface area contributed by atoms with Crippen molar-refractivity contribution in [3.63, 3.8) is 0 Å². The highest BCUT2D eigenvalue weighted by Gasteiger charge is 2.48. The Labute approximate surface area is 138 Å². The van der Waals surface area contributed by atoms with E-state index in [2.05, 4.69) is 35.2 Å². The lowest BCUT2D eigenvalue weighted by atomic mass is 9.92. The number of nitrogens with zero attached hydrogens (tertiary/aromatic N) is 2. The smallest absolute Gasteiger partial charge is 0.227 e. The van der Waals surface area contributed by atoms with E-state index in [9.17, 15) is 9.90 Å². The molecule has 4 rings (SSSR count). The summed E-state index contributed by atoms with van der Waals surface area (Å²) < 4.78 is 0. The average molecular weight is 314 g/mol. The van der Waals surface area contributed by atoms with Gasteiger partial charge in [0.05, 0.1) is 12.0 Å². The maximum atomic E-state index is 13.0. The fourth-order valence-electron chi connectivity index (χ4n) is 4.76. The highest BCUT2D eigenvalue weighted by atomic mass is 16.3. The first-order valence-corrected chi connectivity index (χ1v) is 9.01. The summed E-state index contributed by atoms with van der Waals surface area (Å²) in [7, 11) is 0. The molecule has 1 amide bonds. The van der Waals surface area contributed by atoms with Crippen LogP contribution in [0.2, 0.25) is 0 Å². The van der Waals surface area contributed by atoms with Gasteiger partial charge >= 0.3 is 0 Å². The fourth-order valence-corrected chi connectivity index (χ4v) is 4.76. The molecule has 3 heterocycles. The summed E-state index contributed by atoms with van der Waals surface area (Å²) in [5, 5.41) is 9.67. The van der Waals surface area contributed by atoms with Crippen molar-refractivity contribution in [3.8, 4) is 0 Å². The third kappa shape index (κ3) is 2.79. The van der Waals surface area contributed by atoms with Gasteiger partial charge in [0.1, 0.15) is 0 Å². The largest absolute Gasteiger partial charge is 0.393 e. The Hall–Kier alpha value is -1.39. The normalized spacial score (nSPS) is 32.2. The molecule has 0 radical (unpaired) electrons.